The topological polar surface area (TPSA) is 54.5 Å². The molecule has 2 aromatic heterocycles. The fourth-order valence-corrected chi connectivity index (χ4v) is 1.10. The summed E-state index contributed by atoms with van der Waals surface area (Å²) in [7, 11) is 0. The minimum Gasteiger partial charge on any atom is -0.291 e. The maximum Gasteiger partial charge on any atom is 0.217 e. The van der Waals surface area contributed by atoms with Crippen LogP contribution >= 0.6 is 0 Å². The molecule has 0 radical (unpaired) electrons. The first kappa shape index (κ1) is 7.50. The molecule has 0 bridgehead atoms. The molecule has 0 aliphatic rings. The molecule has 4 heteroatoms. The van der Waals surface area contributed by atoms with Gasteiger partial charge in [0.15, 0.2) is 0 Å². The van der Waals surface area contributed by atoms with E-state index in [9.17, 15) is 0 Å². The highest BCUT2D eigenvalue weighted by Gasteiger charge is 2.01. The normalized spacial score (nSPS) is 9.46. The van der Waals surface area contributed by atoms with Crippen LogP contribution in [0, 0.1) is 11.3 Å². The Morgan fingerprint density at radius 1 is 1.23 bits per heavy atom. The lowest BCUT2D eigenvalue weighted by Crippen LogP contribution is -1.95. The standard InChI is InChI=1S/C9H6N4/c10-7-9-12-5-6-13(9)8-1-3-11-4-2-8/h1-6H. The maximum atomic E-state index is 8.72. The van der Waals surface area contributed by atoms with E-state index < -0.39 is 0 Å². The lowest BCUT2D eigenvalue weighted by Gasteiger charge is -2.00. The van der Waals surface area contributed by atoms with Crippen LogP contribution in [0.1, 0.15) is 5.82 Å². The molecule has 0 N–H and O–H groups in total. The molecule has 2 rings (SSSR count). The molecule has 62 valence electrons. The number of pyridine rings is 1. The molecule has 0 atom stereocenters. The smallest absolute Gasteiger partial charge is 0.217 e. The molecule has 0 spiro atoms. The van der Waals surface area contributed by atoms with Gasteiger partial charge in [-0.05, 0) is 12.1 Å². The van der Waals surface area contributed by atoms with Gasteiger partial charge in [-0.1, -0.05) is 0 Å². The number of rotatable bonds is 1. The van der Waals surface area contributed by atoms with Crippen molar-refractivity contribution in [1.29, 1.82) is 5.26 Å². The molecule has 0 unspecified atom stereocenters. The van der Waals surface area contributed by atoms with Crippen LogP contribution in [0.3, 0.4) is 0 Å². The van der Waals surface area contributed by atoms with E-state index in [1.54, 1.807) is 29.4 Å². The average molecular weight is 170 g/mol. The fraction of sp³-hybridized carbons (Fsp3) is 0. The van der Waals surface area contributed by atoms with Gasteiger partial charge in [-0.2, -0.15) is 5.26 Å². The van der Waals surface area contributed by atoms with Crippen LogP contribution in [-0.4, -0.2) is 14.5 Å². The SMILES string of the molecule is N#Cc1nccn1-c1ccncc1. The van der Waals surface area contributed by atoms with Gasteiger partial charge in [-0.15, -0.1) is 0 Å². The van der Waals surface area contributed by atoms with Crippen molar-refractivity contribution in [2.75, 3.05) is 0 Å². The zero-order chi connectivity index (χ0) is 9.10. The van der Waals surface area contributed by atoms with Gasteiger partial charge in [0.05, 0.1) is 5.69 Å². The van der Waals surface area contributed by atoms with Crippen molar-refractivity contribution < 1.29 is 0 Å². The predicted octanol–water partition coefficient (Wildman–Crippen LogP) is 1.14. The Hall–Kier alpha value is -2.15. The van der Waals surface area contributed by atoms with Gasteiger partial charge >= 0.3 is 0 Å². The number of imidazole rings is 1. The van der Waals surface area contributed by atoms with Crippen LogP contribution in [-0.2, 0) is 0 Å². The first-order chi connectivity index (χ1) is 6.42. The second-order valence-electron chi connectivity index (χ2n) is 2.44. The van der Waals surface area contributed by atoms with Crippen LogP contribution in [0.4, 0.5) is 0 Å². The summed E-state index contributed by atoms with van der Waals surface area (Å²) in [6, 6.07) is 5.65. The van der Waals surface area contributed by atoms with Crippen molar-refractivity contribution in [1.82, 2.24) is 14.5 Å². The highest BCUT2D eigenvalue weighted by Crippen LogP contribution is 2.07. The lowest BCUT2D eigenvalue weighted by atomic mass is 10.4. The summed E-state index contributed by atoms with van der Waals surface area (Å²) in [5, 5.41) is 8.72. The molecule has 13 heavy (non-hydrogen) atoms. The summed E-state index contributed by atoms with van der Waals surface area (Å²) in [4.78, 5) is 7.79. The van der Waals surface area contributed by atoms with Crippen LogP contribution in [0.15, 0.2) is 36.9 Å². The van der Waals surface area contributed by atoms with Crippen molar-refractivity contribution in [2.45, 2.75) is 0 Å². The molecule has 2 heterocycles. The van der Waals surface area contributed by atoms with Crippen LogP contribution in [0.25, 0.3) is 5.69 Å². The second kappa shape index (κ2) is 3.07. The van der Waals surface area contributed by atoms with Crippen molar-refractivity contribution >= 4 is 0 Å². The largest absolute Gasteiger partial charge is 0.291 e. The van der Waals surface area contributed by atoms with E-state index in [-0.39, 0.29) is 0 Å². The summed E-state index contributed by atoms with van der Waals surface area (Å²) in [6.45, 7) is 0. The minimum absolute atomic E-state index is 0.381. The van der Waals surface area contributed by atoms with Gasteiger partial charge in [0.2, 0.25) is 5.82 Å². The monoisotopic (exact) mass is 170 g/mol. The third kappa shape index (κ3) is 1.27. The number of nitrogens with zero attached hydrogens (tertiary/aromatic N) is 4. The summed E-state index contributed by atoms with van der Waals surface area (Å²) < 4.78 is 1.71. The van der Waals surface area contributed by atoms with E-state index in [2.05, 4.69) is 9.97 Å². The average Bonchev–Trinajstić information content (AvgIpc) is 2.67. The van der Waals surface area contributed by atoms with Crippen molar-refractivity contribution in [3.63, 3.8) is 0 Å². The van der Waals surface area contributed by atoms with E-state index in [1.807, 2.05) is 18.2 Å². The minimum atomic E-state index is 0.381. The van der Waals surface area contributed by atoms with E-state index in [0.29, 0.717) is 5.82 Å². The van der Waals surface area contributed by atoms with E-state index in [1.165, 1.54) is 0 Å². The Labute approximate surface area is 75.1 Å². The second-order valence-corrected chi connectivity index (χ2v) is 2.44. The van der Waals surface area contributed by atoms with Crippen LogP contribution < -0.4 is 0 Å². The molecule has 0 fully saturated rings. The third-order valence-electron chi connectivity index (χ3n) is 1.68. The van der Waals surface area contributed by atoms with Gasteiger partial charge < -0.3 is 0 Å². The van der Waals surface area contributed by atoms with Crippen molar-refractivity contribution in [2.24, 2.45) is 0 Å². The maximum absolute atomic E-state index is 8.72. The Balaban J connectivity index is 2.54. The number of hydrogen-bond acceptors (Lipinski definition) is 3. The molecular formula is C9H6N4. The van der Waals surface area contributed by atoms with Gasteiger partial charge in [0.25, 0.3) is 0 Å². The Morgan fingerprint density at radius 2 is 2.00 bits per heavy atom. The zero-order valence-corrected chi connectivity index (χ0v) is 6.75. The Kier molecular flexibility index (Phi) is 1.77. The fourth-order valence-electron chi connectivity index (χ4n) is 1.10. The van der Waals surface area contributed by atoms with E-state index in [0.717, 1.165) is 5.69 Å². The summed E-state index contributed by atoms with van der Waals surface area (Å²) in [5.74, 6) is 0.381. The molecule has 0 aliphatic heterocycles. The molecule has 0 aromatic carbocycles. The molecule has 2 aromatic rings. The van der Waals surface area contributed by atoms with Gasteiger partial charge in [-0.3, -0.25) is 9.55 Å². The summed E-state index contributed by atoms with van der Waals surface area (Å²) >= 11 is 0. The molecule has 0 aliphatic carbocycles. The molecule has 0 saturated carbocycles. The highest BCUT2D eigenvalue weighted by molar-refractivity contribution is 5.33. The van der Waals surface area contributed by atoms with Gasteiger partial charge in [0, 0.05) is 24.8 Å². The summed E-state index contributed by atoms with van der Waals surface area (Å²) in [5.41, 5.74) is 0.893. The molecular weight excluding hydrogens is 164 g/mol. The Morgan fingerprint density at radius 3 is 2.69 bits per heavy atom. The van der Waals surface area contributed by atoms with Gasteiger partial charge in [-0.25, -0.2) is 4.98 Å². The highest BCUT2D eigenvalue weighted by atomic mass is 15.1. The lowest BCUT2D eigenvalue weighted by molar-refractivity contribution is 1.01. The Bertz CT molecular complexity index is 438. The molecule has 0 amide bonds. The number of nitriles is 1. The van der Waals surface area contributed by atoms with Crippen molar-refractivity contribution in [3.05, 3.63) is 42.7 Å². The zero-order valence-electron chi connectivity index (χ0n) is 6.75. The molecule has 0 saturated heterocycles. The first-order valence-corrected chi connectivity index (χ1v) is 3.75. The van der Waals surface area contributed by atoms with Gasteiger partial charge in [0.1, 0.15) is 6.07 Å². The third-order valence-corrected chi connectivity index (χ3v) is 1.68. The number of hydrogen-bond donors (Lipinski definition) is 0. The summed E-state index contributed by atoms with van der Waals surface area (Å²) in [6.07, 6.45) is 6.69. The van der Waals surface area contributed by atoms with Crippen molar-refractivity contribution in [3.8, 4) is 11.8 Å². The number of aromatic nitrogens is 3. The van der Waals surface area contributed by atoms with Crippen LogP contribution in [0.5, 0.6) is 0 Å². The van der Waals surface area contributed by atoms with E-state index in [4.69, 9.17) is 5.26 Å². The van der Waals surface area contributed by atoms with E-state index >= 15 is 0 Å². The molecule has 4 nitrogen and oxygen atoms in total. The van der Waals surface area contributed by atoms with Crippen LogP contribution in [0.2, 0.25) is 0 Å². The predicted molar refractivity (Wildman–Crippen MR) is 46.1 cm³/mol. The quantitative estimate of drug-likeness (QED) is 0.644. The first-order valence-electron chi connectivity index (χ1n) is 3.75.